The number of sulfonamides is 1. The number of hydrogen-bond acceptors (Lipinski definition) is 5. The summed E-state index contributed by atoms with van der Waals surface area (Å²) in [6.07, 6.45) is 3.09. The Balaban J connectivity index is 1.69. The van der Waals surface area contributed by atoms with Crippen LogP contribution in [-0.2, 0) is 16.6 Å². The topological polar surface area (TPSA) is 92.4 Å². The first-order valence-electron chi connectivity index (χ1n) is 8.34. The molecule has 0 N–H and O–H groups in total. The molecule has 136 valence electrons. The van der Waals surface area contributed by atoms with E-state index in [0.29, 0.717) is 24.4 Å². The van der Waals surface area contributed by atoms with Crippen molar-refractivity contribution in [2.24, 2.45) is 0 Å². The second-order valence-corrected chi connectivity index (χ2v) is 7.93. The molecule has 1 aliphatic rings. The van der Waals surface area contributed by atoms with Crippen molar-refractivity contribution < 1.29 is 13.2 Å². The van der Waals surface area contributed by atoms with Crippen molar-refractivity contribution in [3.05, 3.63) is 58.5 Å². The highest BCUT2D eigenvalue weighted by atomic mass is 32.2. The van der Waals surface area contributed by atoms with Crippen molar-refractivity contribution >= 4 is 10.0 Å². The van der Waals surface area contributed by atoms with Crippen molar-refractivity contribution in [1.82, 2.24) is 8.87 Å². The van der Waals surface area contributed by atoms with E-state index in [1.807, 2.05) is 6.07 Å². The van der Waals surface area contributed by atoms with Gasteiger partial charge in [0.2, 0.25) is 10.0 Å². The Morgan fingerprint density at radius 1 is 1.08 bits per heavy atom. The highest BCUT2D eigenvalue weighted by molar-refractivity contribution is 7.89. The lowest BCUT2D eigenvalue weighted by atomic mass is 10.2. The zero-order valence-corrected chi connectivity index (χ0v) is 15.0. The van der Waals surface area contributed by atoms with E-state index >= 15 is 0 Å². The number of nitriles is 1. The average molecular weight is 373 g/mol. The minimum atomic E-state index is -3.56. The van der Waals surface area contributed by atoms with Crippen molar-refractivity contribution in [3.63, 3.8) is 0 Å². The van der Waals surface area contributed by atoms with Gasteiger partial charge in [-0.15, -0.1) is 0 Å². The predicted octanol–water partition coefficient (Wildman–Crippen LogP) is 1.58. The first-order chi connectivity index (χ1) is 12.5. The summed E-state index contributed by atoms with van der Waals surface area (Å²) in [5.41, 5.74) is 0.252. The molecule has 26 heavy (non-hydrogen) atoms. The lowest BCUT2D eigenvalue weighted by Crippen LogP contribution is -2.30. The Labute approximate surface area is 152 Å². The van der Waals surface area contributed by atoms with E-state index in [1.54, 1.807) is 24.3 Å². The van der Waals surface area contributed by atoms with Gasteiger partial charge in [-0.05, 0) is 43.2 Å². The third kappa shape index (κ3) is 3.95. The maximum Gasteiger partial charge on any atom is 0.250 e. The fourth-order valence-electron chi connectivity index (χ4n) is 2.80. The van der Waals surface area contributed by atoms with E-state index in [1.165, 1.54) is 27.2 Å². The lowest BCUT2D eigenvalue weighted by Gasteiger charge is -2.16. The zero-order chi connectivity index (χ0) is 18.6. The van der Waals surface area contributed by atoms with Gasteiger partial charge in [0.15, 0.2) is 0 Å². The maximum atomic E-state index is 12.6. The van der Waals surface area contributed by atoms with Gasteiger partial charge in [-0.1, -0.05) is 0 Å². The third-order valence-corrected chi connectivity index (χ3v) is 6.13. The number of ether oxygens (including phenoxy) is 1. The molecule has 0 spiro atoms. The Kier molecular flexibility index (Phi) is 5.40. The number of nitrogens with zero attached hydrogens (tertiary/aromatic N) is 3. The second kappa shape index (κ2) is 7.72. The molecule has 0 bridgehead atoms. The third-order valence-electron chi connectivity index (χ3n) is 4.24. The van der Waals surface area contributed by atoms with Gasteiger partial charge in [-0.2, -0.15) is 9.57 Å². The van der Waals surface area contributed by atoms with Crippen molar-refractivity contribution in [2.75, 3.05) is 19.7 Å². The Bertz CT molecular complexity index is 969. The summed E-state index contributed by atoms with van der Waals surface area (Å²) in [6, 6.07) is 11.3. The van der Waals surface area contributed by atoms with Gasteiger partial charge in [-0.3, -0.25) is 4.79 Å². The maximum absolute atomic E-state index is 12.6. The monoisotopic (exact) mass is 373 g/mol. The molecule has 0 aliphatic carbocycles. The molecule has 1 aliphatic heterocycles. The Morgan fingerprint density at radius 3 is 2.42 bits per heavy atom. The summed E-state index contributed by atoms with van der Waals surface area (Å²) in [5, 5.41) is 8.77. The smallest absolute Gasteiger partial charge is 0.250 e. The van der Waals surface area contributed by atoms with Crippen LogP contribution in [-0.4, -0.2) is 37.0 Å². The molecule has 7 nitrogen and oxygen atoms in total. The highest BCUT2D eigenvalue weighted by Gasteiger charge is 2.27. The summed E-state index contributed by atoms with van der Waals surface area (Å²) < 4.78 is 33.6. The summed E-state index contributed by atoms with van der Waals surface area (Å²) >= 11 is 0. The van der Waals surface area contributed by atoms with Crippen molar-refractivity contribution in [3.8, 4) is 11.8 Å². The van der Waals surface area contributed by atoms with Gasteiger partial charge in [0.1, 0.15) is 12.4 Å². The minimum Gasteiger partial charge on any atom is -0.492 e. The molecule has 0 saturated carbocycles. The molecule has 2 aromatic rings. The molecule has 1 aromatic heterocycles. The molecule has 0 unspecified atom stereocenters. The van der Waals surface area contributed by atoms with Gasteiger partial charge >= 0.3 is 0 Å². The van der Waals surface area contributed by atoms with Crippen LogP contribution in [0.5, 0.6) is 5.75 Å². The molecule has 0 atom stereocenters. The molecule has 2 heterocycles. The zero-order valence-electron chi connectivity index (χ0n) is 14.2. The van der Waals surface area contributed by atoms with Crippen molar-refractivity contribution in [2.45, 2.75) is 24.3 Å². The van der Waals surface area contributed by atoms with E-state index in [0.717, 1.165) is 12.8 Å². The van der Waals surface area contributed by atoms with Gasteiger partial charge < -0.3 is 9.30 Å². The van der Waals surface area contributed by atoms with Crippen LogP contribution in [0, 0.1) is 11.3 Å². The van der Waals surface area contributed by atoms with E-state index in [9.17, 15) is 13.2 Å². The summed E-state index contributed by atoms with van der Waals surface area (Å²) in [4.78, 5) is 12.1. The van der Waals surface area contributed by atoms with Crippen LogP contribution in [0.3, 0.4) is 0 Å². The Hall–Kier alpha value is -2.63. The van der Waals surface area contributed by atoms with E-state index in [2.05, 4.69) is 0 Å². The van der Waals surface area contributed by atoms with E-state index in [-0.39, 0.29) is 23.6 Å². The number of aromatic nitrogens is 1. The summed E-state index contributed by atoms with van der Waals surface area (Å²) in [7, 11) is -3.56. The van der Waals surface area contributed by atoms with Crippen LogP contribution in [0.4, 0.5) is 0 Å². The Morgan fingerprint density at radius 2 is 1.77 bits per heavy atom. The van der Waals surface area contributed by atoms with Crippen LogP contribution in [0.2, 0.25) is 0 Å². The standard InChI is InChI=1S/C18H19N3O4S/c19-13-15-3-5-16(6-4-15)25-12-11-20-14-17(7-8-18(20)22)26(23,24)21-9-1-2-10-21/h3-8,14H,1-2,9-12H2. The fourth-order valence-corrected chi connectivity index (χ4v) is 4.34. The molecule has 1 aromatic carbocycles. The minimum absolute atomic E-state index is 0.123. The lowest BCUT2D eigenvalue weighted by molar-refractivity contribution is 0.295. The van der Waals surface area contributed by atoms with Crippen LogP contribution in [0.15, 0.2) is 52.3 Å². The van der Waals surface area contributed by atoms with Gasteiger partial charge in [0, 0.05) is 25.4 Å². The number of benzene rings is 1. The van der Waals surface area contributed by atoms with Crippen LogP contribution < -0.4 is 10.3 Å². The molecule has 0 amide bonds. The molecule has 3 rings (SSSR count). The van der Waals surface area contributed by atoms with Gasteiger partial charge in [-0.25, -0.2) is 8.42 Å². The molecule has 1 fully saturated rings. The molecule has 8 heteroatoms. The van der Waals surface area contributed by atoms with Gasteiger partial charge in [0.05, 0.1) is 23.1 Å². The number of hydrogen-bond donors (Lipinski definition) is 0. The molecular formula is C18H19N3O4S. The van der Waals surface area contributed by atoms with Crippen LogP contribution >= 0.6 is 0 Å². The van der Waals surface area contributed by atoms with E-state index < -0.39 is 10.0 Å². The molecule has 1 saturated heterocycles. The average Bonchev–Trinajstić information content (AvgIpc) is 3.19. The summed E-state index contributed by atoms with van der Waals surface area (Å²) in [5.74, 6) is 0.581. The highest BCUT2D eigenvalue weighted by Crippen LogP contribution is 2.19. The van der Waals surface area contributed by atoms with E-state index in [4.69, 9.17) is 10.00 Å². The summed E-state index contributed by atoms with van der Waals surface area (Å²) in [6.45, 7) is 1.47. The fraction of sp³-hybridized carbons (Fsp3) is 0.333. The molecular weight excluding hydrogens is 354 g/mol. The number of rotatable bonds is 6. The molecule has 0 radical (unpaired) electrons. The quantitative estimate of drug-likeness (QED) is 0.767. The van der Waals surface area contributed by atoms with Gasteiger partial charge in [0.25, 0.3) is 5.56 Å². The first-order valence-corrected chi connectivity index (χ1v) is 9.78. The SMILES string of the molecule is N#Cc1ccc(OCCn2cc(S(=O)(=O)N3CCCC3)ccc2=O)cc1. The van der Waals surface area contributed by atoms with Crippen LogP contribution in [0.25, 0.3) is 0 Å². The first kappa shape index (κ1) is 18.2. The predicted molar refractivity (Wildman–Crippen MR) is 95.3 cm³/mol. The normalized spacial score (nSPS) is 14.9. The largest absolute Gasteiger partial charge is 0.492 e. The van der Waals surface area contributed by atoms with Crippen LogP contribution in [0.1, 0.15) is 18.4 Å². The number of pyridine rings is 1. The van der Waals surface area contributed by atoms with Crippen molar-refractivity contribution in [1.29, 1.82) is 5.26 Å². The second-order valence-electron chi connectivity index (χ2n) is 5.99.